The SMILES string of the molecule is O=C(CN1C(=O)[C@@H](NC(=O)c2ccccc2)CN(C(=O)CO)c2ccccc21)N[C@H]1CC(=O)OC1OCc1ccccc1.[Ac]. The van der Waals surface area contributed by atoms with Gasteiger partial charge in [-0.15, -0.1) is 0 Å². The second kappa shape index (κ2) is 15.4. The van der Waals surface area contributed by atoms with Gasteiger partial charge in [0.1, 0.15) is 25.2 Å². The van der Waals surface area contributed by atoms with Crippen LogP contribution < -0.4 is 20.4 Å². The summed E-state index contributed by atoms with van der Waals surface area (Å²) in [5, 5.41) is 15.1. The number of ether oxygens (including phenoxy) is 2. The number of anilines is 2. The summed E-state index contributed by atoms with van der Waals surface area (Å²) in [5.74, 6) is -3.04. The van der Waals surface area contributed by atoms with E-state index in [0.29, 0.717) is 5.56 Å². The van der Waals surface area contributed by atoms with Crippen molar-refractivity contribution in [2.45, 2.75) is 31.4 Å². The number of fused-ring (bicyclic) bond motifs is 1. The van der Waals surface area contributed by atoms with Gasteiger partial charge in [-0.3, -0.25) is 28.9 Å². The molecule has 0 aliphatic carbocycles. The number of aliphatic hydroxyl groups excluding tert-OH is 1. The maximum absolute atomic E-state index is 13.9. The second-order valence-corrected chi connectivity index (χ2v) is 10.0. The Morgan fingerprint density at radius 1 is 0.886 bits per heavy atom. The molecule has 5 rings (SSSR count). The molecule has 44 heavy (non-hydrogen) atoms. The minimum atomic E-state index is -1.25. The first-order chi connectivity index (χ1) is 20.8. The molecule has 2 heterocycles. The van der Waals surface area contributed by atoms with Crippen LogP contribution in [0, 0.1) is 44.1 Å². The number of para-hydroxylation sites is 2. The predicted octanol–water partition coefficient (Wildman–Crippen LogP) is 1.13. The number of hydrogen-bond acceptors (Lipinski definition) is 8. The van der Waals surface area contributed by atoms with Crippen molar-refractivity contribution in [3.8, 4) is 0 Å². The Bertz CT molecular complexity index is 1510. The summed E-state index contributed by atoms with van der Waals surface area (Å²) >= 11 is 0. The van der Waals surface area contributed by atoms with Crippen molar-refractivity contribution < 1.29 is 82.6 Å². The van der Waals surface area contributed by atoms with Crippen molar-refractivity contribution in [2.75, 3.05) is 29.5 Å². The molecule has 0 aromatic heterocycles. The molecule has 2 aliphatic heterocycles. The Labute approximate surface area is 289 Å². The molecule has 3 N–H and O–H groups in total. The molecule has 1 radical (unpaired) electrons. The zero-order chi connectivity index (χ0) is 30.3. The molecule has 0 spiro atoms. The summed E-state index contributed by atoms with van der Waals surface area (Å²) < 4.78 is 11.0. The number of rotatable bonds is 9. The van der Waals surface area contributed by atoms with Crippen LogP contribution in [0.25, 0.3) is 0 Å². The molecule has 4 amide bonds. The maximum atomic E-state index is 13.9. The van der Waals surface area contributed by atoms with E-state index in [2.05, 4.69) is 10.6 Å². The quantitative estimate of drug-likeness (QED) is 0.272. The fourth-order valence-corrected chi connectivity index (χ4v) is 4.96. The number of aliphatic hydroxyl groups is 1. The summed E-state index contributed by atoms with van der Waals surface area (Å²) in [5.41, 5.74) is 1.67. The third kappa shape index (κ3) is 7.90. The molecule has 3 aromatic rings. The van der Waals surface area contributed by atoms with Gasteiger partial charge in [0.25, 0.3) is 17.7 Å². The van der Waals surface area contributed by atoms with Crippen LogP contribution in [0.4, 0.5) is 11.4 Å². The van der Waals surface area contributed by atoms with E-state index in [1.165, 1.54) is 9.80 Å². The summed E-state index contributed by atoms with van der Waals surface area (Å²) in [4.78, 5) is 67.5. The average Bonchev–Trinajstić information content (AvgIpc) is 3.33. The monoisotopic (exact) mass is 813 g/mol. The Balaban J connectivity index is 0.00000442. The van der Waals surface area contributed by atoms with Crippen LogP contribution in [0.2, 0.25) is 0 Å². The smallest absolute Gasteiger partial charge is 0.310 e. The molecule has 225 valence electrons. The van der Waals surface area contributed by atoms with Gasteiger partial charge < -0.3 is 30.1 Å². The van der Waals surface area contributed by atoms with E-state index in [9.17, 15) is 29.1 Å². The number of hydrogen-bond donors (Lipinski definition) is 3. The fraction of sp³-hybridized carbons (Fsp3) is 0.258. The minimum Gasteiger partial charge on any atom is -0.433 e. The van der Waals surface area contributed by atoms with Crippen molar-refractivity contribution in [2.24, 2.45) is 0 Å². The first kappa shape index (κ1) is 33.3. The summed E-state index contributed by atoms with van der Waals surface area (Å²) in [6, 6.07) is 21.9. The number of nitrogens with one attached hydrogen (secondary N) is 2. The molecule has 1 unspecified atom stereocenters. The van der Waals surface area contributed by atoms with Crippen molar-refractivity contribution in [1.29, 1.82) is 0 Å². The van der Waals surface area contributed by atoms with Crippen LogP contribution in [0.1, 0.15) is 22.3 Å². The average molecular weight is 814 g/mol. The van der Waals surface area contributed by atoms with Crippen LogP contribution in [-0.4, -0.2) is 72.8 Å². The van der Waals surface area contributed by atoms with E-state index in [0.717, 1.165) is 5.56 Å². The molecule has 13 heteroatoms. The Hall–Kier alpha value is -3.63. The fourth-order valence-electron chi connectivity index (χ4n) is 4.96. The molecule has 2 aliphatic rings. The first-order valence-corrected chi connectivity index (χ1v) is 13.7. The molecule has 12 nitrogen and oxygen atoms in total. The number of benzene rings is 3. The largest absolute Gasteiger partial charge is 0.433 e. The van der Waals surface area contributed by atoms with Gasteiger partial charge in [-0.05, 0) is 29.8 Å². The number of carbonyl (C=O) groups is 5. The molecule has 1 fully saturated rings. The van der Waals surface area contributed by atoms with E-state index in [4.69, 9.17) is 9.47 Å². The molecule has 3 atom stereocenters. The minimum absolute atomic E-state index is 0. The summed E-state index contributed by atoms with van der Waals surface area (Å²) in [6.07, 6.45) is -1.15. The number of cyclic esters (lactones) is 1. The van der Waals surface area contributed by atoms with Crippen molar-refractivity contribution in [3.05, 3.63) is 96.1 Å². The van der Waals surface area contributed by atoms with Crippen molar-refractivity contribution in [3.63, 3.8) is 0 Å². The standard InChI is InChI=1S/C31H30N4O8.Ac/c36-18-27(38)34-16-23(33-29(40)21-11-5-2-6-12-21)30(41)35(25-14-8-7-13-24(25)34)17-26(37)32-22-15-28(39)43-31(22)42-19-20-9-3-1-4-10-20;/h1-14,22-23,31,36H,15-19H2,(H,32,37)(H,33,40);/t22-,23-,31?;/m0./s1. The Morgan fingerprint density at radius 3 is 2.20 bits per heavy atom. The van der Waals surface area contributed by atoms with Gasteiger partial charge in [0.15, 0.2) is 0 Å². The third-order valence-corrected chi connectivity index (χ3v) is 7.04. The van der Waals surface area contributed by atoms with Crippen LogP contribution in [0.3, 0.4) is 0 Å². The Morgan fingerprint density at radius 2 is 1.52 bits per heavy atom. The molecule has 3 aromatic carbocycles. The molecule has 0 saturated carbocycles. The van der Waals surface area contributed by atoms with E-state index in [-0.39, 0.29) is 75.0 Å². The summed E-state index contributed by atoms with van der Waals surface area (Å²) in [6.45, 7) is -1.44. The van der Waals surface area contributed by atoms with Crippen molar-refractivity contribution in [1.82, 2.24) is 10.6 Å². The van der Waals surface area contributed by atoms with Crippen molar-refractivity contribution >= 4 is 41.0 Å². The van der Waals surface area contributed by atoms with Crippen LogP contribution >= 0.6 is 0 Å². The maximum Gasteiger partial charge on any atom is 0.310 e. The predicted molar refractivity (Wildman–Crippen MR) is 154 cm³/mol. The summed E-state index contributed by atoms with van der Waals surface area (Å²) in [7, 11) is 0. The van der Waals surface area contributed by atoms with E-state index >= 15 is 0 Å². The van der Waals surface area contributed by atoms with Crippen LogP contribution in [-0.2, 0) is 35.3 Å². The number of esters is 1. The molecular weight excluding hydrogens is 783 g/mol. The van der Waals surface area contributed by atoms with Crippen LogP contribution in [0.5, 0.6) is 0 Å². The van der Waals surface area contributed by atoms with Gasteiger partial charge in [-0.25, -0.2) is 0 Å². The first-order valence-electron chi connectivity index (χ1n) is 13.7. The molecule has 1 saturated heterocycles. The van der Waals surface area contributed by atoms with Gasteiger partial charge in [0.2, 0.25) is 12.2 Å². The van der Waals surface area contributed by atoms with E-state index in [1.807, 2.05) is 30.3 Å². The zero-order valence-corrected chi connectivity index (χ0v) is 28.4. The van der Waals surface area contributed by atoms with Gasteiger partial charge in [-0.1, -0.05) is 60.7 Å². The van der Waals surface area contributed by atoms with E-state index in [1.54, 1.807) is 54.6 Å². The number of carbonyl (C=O) groups excluding carboxylic acids is 5. The number of nitrogens with zero attached hydrogens (tertiary/aromatic N) is 2. The molecular formula is C31H30AcN4O8. The number of amides is 4. The van der Waals surface area contributed by atoms with E-state index < -0.39 is 61.1 Å². The molecule has 0 bridgehead atoms. The zero-order valence-electron chi connectivity index (χ0n) is 23.6. The van der Waals surface area contributed by atoms with Gasteiger partial charge in [0.05, 0.1) is 30.9 Å². The normalized spacial score (nSPS) is 19.2. The Kier molecular flexibility index (Phi) is 11.6. The van der Waals surface area contributed by atoms with Gasteiger partial charge >= 0.3 is 5.97 Å². The van der Waals surface area contributed by atoms with Gasteiger partial charge in [0, 0.05) is 49.6 Å². The second-order valence-electron chi connectivity index (χ2n) is 10.0. The van der Waals surface area contributed by atoms with Gasteiger partial charge in [-0.2, -0.15) is 0 Å². The topological polar surface area (TPSA) is 155 Å². The van der Waals surface area contributed by atoms with Crippen LogP contribution in [0.15, 0.2) is 84.9 Å². The third-order valence-electron chi connectivity index (χ3n) is 7.04.